The average molecular weight is 282 g/mol. The lowest BCUT2D eigenvalue weighted by atomic mass is 10.3. The average Bonchev–Trinajstić information content (AvgIpc) is 2.85. The van der Waals surface area contributed by atoms with Crippen LogP contribution in [0.25, 0.3) is 0 Å². The molecule has 7 heteroatoms. The largest absolute Gasteiger partial charge is 0.506 e. The van der Waals surface area contributed by atoms with Gasteiger partial charge in [-0.3, -0.25) is 0 Å². The molecule has 6 nitrogen and oxygen atoms in total. The Balaban J connectivity index is 2.25. The summed E-state index contributed by atoms with van der Waals surface area (Å²) in [7, 11) is -3.73. The number of phenolic OH excluding ortho intramolecular Hbond substituents is 1. The first-order valence-corrected chi connectivity index (χ1v) is 7.02. The molecular formula is C12H14N2O4S. The van der Waals surface area contributed by atoms with Crippen LogP contribution in [0.4, 0.5) is 5.69 Å². The maximum Gasteiger partial charge on any atom is 0.241 e. The van der Waals surface area contributed by atoms with E-state index in [1.165, 1.54) is 24.5 Å². The fourth-order valence-electron chi connectivity index (χ4n) is 1.60. The number of nitrogens with two attached hydrogens (primary N) is 1. The van der Waals surface area contributed by atoms with Gasteiger partial charge in [0.05, 0.1) is 22.9 Å². The van der Waals surface area contributed by atoms with Gasteiger partial charge in [0.2, 0.25) is 10.0 Å². The molecule has 102 valence electrons. The van der Waals surface area contributed by atoms with Crippen molar-refractivity contribution in [3.8, 4) is 5.75 Å². The molecule has 0 aliphatic rings. The minimum Gasteiger partial charge on any atom is -0.506 e. The third-order valence-electron chi connectivity index (χ3n) is 2.61. The summed E-state index contributed by atoms with van der Waals surface area (Å²) in [6.45, 7) is 1.67. The zero-order chi connectivity index (χ0) is 14.0. The number of furan rings is 1. The molecule has 4 N–H and O–H groups in total. The van der Waals surface area contributed by atoms with Gasteiger partial charge in [0.25, 0.3) is 0 Å². The van der Waals surface area contributed by atoms with Gasteiger partial charge in [0.1, 0.15) is 11.5 Å². The van der Waals surface area contributed by atoms with Crippen LogP contribution >= 0.6 is 0 Å². The van der Waals surface area contributed by atoms with E-state index in [2.05, 4.69) is 4.72 Å². The molecular weight excluding hydrogens is 268 g/mol. The SMILES string of the molecule is CC(NS(=O)(=O)c1ccc(O)c(N)c1)c1ccco1. The monoisotopic (exact) mass is 282 g/mol. The summed E-state index contributed by atoms with van der Waals surface area (Å²) < 4.78 is 31.8. The summed E-state index contributed by atoms with van der Waals surface area (Å²) in [4.78, 5) is -0.0128. The number of hydrogen-bond donors (Lipinski definition) is 3. The fourth-order valence-corrected chi connectivity index (χ4v) is 2.84. The molecule has 0 aliphatic carbocycles. The normalized spacial score (nSPS) is 13.3. The van der Waals surface area contributed by atoms with E-state index in [9.17, 15) is 13.5 Å². The van der Waals surface area contributed by atoms with Crippen LogP contribution in [-0.2, 0) is 10.0 Å². The minimum atomic E-state index is -3.73. The van der Waals surface area contributed by atoms with Gasteiger partial charge in [-0.15, -0.1) is 0 Å². The molecule has 1 unspecified atom stereocenters. The van der Waals surface area contributed by atoms with E-state index in [0.29, 0.717) is 5.76 Å². The van der Waals surface area contributed by atoms with Crippen molar-refractivity contribution in [3.63, 3.8) is 0 Å². The predicted molar refractivity (Wildman–Crippen MR) is 70.0 cm³/mol. The van der Waals surface area contributed by atoms with Crippen molar-refractivity contribution < 1.29 is 17.9 Å². The molecule has 0 aliphatic heterocycles. The summed E-state index contributed by atoms with van der Waals surface area (Å²) in [5.74, 6) is 0.355. The Bertz CT molecular complexity index is 665. The lowest BCUT2D eigenvalue weighted by Gasteiger charge is -2.12. The number of sulfonamides is 1. The van der Waals surface area contributed by atoms with Gasteiger partial charge in [-0.1, -0.05) is 0 Å². The van der Waals surface area contributed by atoms with Gasteiger partial charge in [-0.2, -0.15) is 0 Å². The smallest absolute Gasteiger partial charge is 0.241 e. The van der Waals surface area contributed by atoms with E-state index in [0.717, 1.165) is 0 Å². The quantitative estimate of drug-likeness (QED) is 0.583. The molecule has 2 rings (SSSR count). The molecule has 1 aromatic heterocycles. The number of phenols is 1. The maximum absolute atomic E-state index is 12.1. The second-order valence-electron chi connectivity index (χ2n) is 4.08. The summed E-state index contributed by atoms with van der Waals surface area (Å²) in [5.41, 5.74) is 5.49. The summed E-state index contributed by atoms with van der Waals surface area (Å²) in [6.07, 6.45) is 1.47. The molecule has 0 saturated carbocycles. The van der Waals surface area contributed by atoms with Gasteiger partial charge in [0, 0.05) is 0 Å². The van der Waals surface area contributed by atoms with Gasteiger partial charge in [-0.25, -0.2) is 13.1 Å². The highest BCUT2D eigenvalue weighted by Gasteiger charge is 2.20. The molecule has 0 bridgehead atoms. The first-order valence-electron chi connectivity index (χ1n) is 5.54. The van der Waals surface area contributed by atoms with E-state index in [1.54, 1.807) is 19.1 Å². The van der Waals surface area contributed by atoms with Crippen LogP contribution in [0.2, 0.25) is 0 Å². The second kappa shape index (κ2) is 4.94. The van der Waals surface area contributed by atoms with Crippen molar-refractivity contribution in [2.45, 2.75) is 17.9 Å². The number of anilines is 1. The molecule has 0 fully saturated rings. The number of rotatable bonds is 4. The lowest BCUT2D eigenvalue weighted by molar-refractivity contribution is 0.459. The van der Waals surface area contributed by atoms with Crippen molar-refractivity contribution in [2.24, 2.45) is 0 Å². The predicted octanol–water partition coefficient (Wildman–Crippen LogP) is 1.61. The number of benzene rings is 1. The molecule has 1 aromatic carbocycles. The molecule has 0 spiro atoms. The highest BCUT2D eigenvalue weighted by molar-refractivity contribution is 7.89. The van der Waals surface area contributed by atoms with Gasteiger partial charge >= 0.3 is 0 Å². The van der Waals surface area contributed by atoms with Crippen LogP contribution in [0.5, 0.6) is 5.75 Å². The maximum atomic E-state index is 12.1. The Hall–Kier alpha value is -1.99. The van der Waals surface area contributed by atoms with Gasteiger partial charge in [-0.05, 0) is 37.3 Å². The van der Waals surface area contributed by atoms with E-state index >= 15 is 0 Å². The highest BCUT2D eigenvalue weighted by atomic mass is 32.2. The Morgan fingerprint density at radius 1 is 1.37 bits per heavy atom. The van der Waals surface area contributed by atoms with E-state index < -0.39 is 16.1 Å². The van der Waals surface area contributed by atoms with E-state index in [-0.39, 0.29) is 16.3 Å². The number of aromatic hydroxyl groups is 1. The number of nitrogen functional groups attached to an aromatic ring is 1. The number of nitrogens with one attached hydrogen (secondary N) is 1. The Morgan fingerprint density at radius 2 is 2.11 bits per heavy atom. The molecule has 1 atom stereocenters. The van der Waals surface area contributed by atoms with Crippen molar-refractivity contribution in [2.75, 3.05) is 5.73 Å². The van der Waals surface area contributed by atoms with Crippen LogP contribution < -0.4 is 10.5 Å². The second-order valence-corrected chi connectivity index (χ2v) is 5.79. The van der Waals surface area contributed by atoms with Crippen LogP contribution in [0.3, 0.4) is 0 Å². The van der Waals surface area contributed by atoms with Gasteiger partial charge < -0.3 is 15.3 Å². The summed E-state index contributed by atoms with van der Waals surface area (Å²) in [6, 6.07) is 6.57. The third kappa shape index (κ3) is 2.88. The Labute approximate surface area is 110 Å². The van der Waals surface area contributed by atoms with Gasteiger partial charge in [0.15, 0.2) is 0 Å². The van der Waals surface area contributed by atoms with Crippen molar-refractivity contribution in [3.05, 3.63) is 42.4 Å². The van der Waals surface area contributed by atoms with Crippen LogP contribution in [0.15, 0.2) is 45.9 Å². The fraction of sp³-hybridized carbons (Fsp3) is 0.167. The zero-order valence-electron chi connectivity index (χ0n) is 10.2. The van der Waals surface area contributed by atoms with E-state index in [1.807, 2.05) is 0 Å². The minimum absolute atomic E-state index is 0.00790. The molecule has 0 radical (unpaired) electrons. The molecule has 0 amide bonds. The first-order chi connectivity index (χ1) is 8.90. The first kappa shape index (κ1) is 13.4. The summed E-state index contributed by atoms with van der Waals surface area (Å²) in [5, 5.41) is 9.29. The highest BCUT2D eigenvalue weighted by Crippen LogP contribution is 2.24. The Kier molecular flexibility index (Phi) is 3.50. The third-order valence-corrected chi connectivity index (χ3v) is 4.15. The van der Waals surface area contributed by atoms with Crippen LogP contribution in [-0.4, -0.2) is 13.5 Å². The van der Waals surface area contributed by atoms with Crippen LogP contribution in [0.1, 0.15) is 18.7 Å². The zero-order valence-corrected chi connectivity index (χ0v) is 11.0. The molecule has 0 saturated heterocycles. The van der Waals surface area contributed by atoms with Crippen molar-refractivity contribution in [1.29, 1.82) is 0 Å². The van der Waals surface area contributed by atoms with Crippen LogP contribution in [0, 0.1) is 0 Å². The van der Waals surface area contributed by atoms with Crippen molar-refractivity contribution in [1.82, 2.24) is 4.72 Å². The van der Waals surface area contributed by atoms with E-state index in [4.69, 9.17) is 10.2 Å². The molecule has 1 heterocycles. The topological polar surface area (TPSA) is 106 Å². The number of hydrogen-bond acceptors (Lipinski definition) is 5. The Morgan fingerprint density at radius 3 is 2.68 bits per heavy atom. The summed E-state index contributed by atoms with van der Waals surface area (Å²) >= 11 is 0. The lowest BCUT2D eigenvalue weighted by Crippen LogP contribution is -2.26. The molecule has 19 heavy (non-hydrogen) atoms. The molecule has 2 aromatic rings. The standard InChI is InChI=1S/C12H14N2O4S/c1-8(12-3-2-6-18-12)14-19(16,17)9-4-5-11(15)10(13)7-9/h2-8,14-15H,13H2,1H3. The van der Waals surface area contributed by atoms with Crippen molar-refractivity contribution >= 4 is 15.7 Å².